The monoisotopic (exact) mass is 504 g/mol. The normalized spacial score (nSPS) is 47.3. The van der Waals surface area contributed by atoms with Crippen molar-refractivity contribution in [1.29, 1.82) is 0 Å². The van der Waals surface area contributed by atoms with Crippen molar-refractivity contribution in [2.24, 2.45) is 45.8 Å². The number of ether oxygens (including phenoxy) is 1. The number of fused-ring (bicyclic) bond motifs is 1. The van der Waals surface area contributed by atoms with Crippen molar-refractivity contribution in [3.8, 4) is 0 Å². The lowest BCUT2D eigenvalue weighted by Crippen LogP contribution is -2.55. The van der Waals surface area contributed by atoms with E-state index in [2.05, 4.69) is 27.7 Å². The quantitative estimate of drug-likeness (QED) is 0.479. The summed E-state index contributed by atoms with van der Waals surface area (Å²) in [6.45, 7) is 11.8. The van der Waals surface area contributed by atoms with Gasteiger partial charge in [0.25, 0.3) is 0 Å². The fourth-order valence-corrected chi connectivity index (χ4v) is 10.3. The summed E-state index contributed by atoms with van der Waals surface area (Å²) < 4.78 is 6.48. The van der Waals surface area contributed by atoms with Crippen molar-refractivity contribution in [2.45, 2.75) is 129 Å². The number of rotatable bonds is 5. The second kappa shape index (κ2) is 8.26. The summed E-state index contributed by atoms with van der Waals surface area (Å²) in [7, 11) is 0. The van der Waals surface area contributed by atoms with Crippen molar-refractivity contribution in [1.82, 2.24) is 0 Å². The predicted molar refractivity (Wildman–Crippen MR) is 136 cm³/mol. The van der Waals surface area contributed by atoms with Crippen LogP contribution in [0.1, 0.15) is 106 Å². The molecule has 4 aliphatic carbocycles. The molecule has 5 aliphatic rings. The van der Waals surface area contributed by atoms with Crippen LogP contribution in [0.3, 0.4) is 0 Å². The molecule has 2 bridgehead atoms. The second-order valence-corrected chi connectivity index (χ2v) is 14.7. The van der Waals surface area contributed by atoms with Crippen LogP contribution in [-0.2, 0) is 14.3 Å². The first-order valence-electron chi connectivity index (χ1n) is 14.5. The van der Waals surface area contributed by atoms with Gasteiger partial charge in [0, 0.05) is 17.8 Å². The van der Waals surface area contributed by atoms with Crippen LogP contribution in [0.2, 0.25) is 0 Å². The summed E-state index contributed by atoms with van der Waals surface area (Å²) in [6, 6.07) is 0. The number of aliphatic hydroxyl groups is 3. The third-order valence-electron chi connectivity index (χ3n) is 12.3. The van der Waals surface area contributed by atoms with Gasteiger partial charge in [-0.15, -0.1) is 0 Å². The van der Waals surface area contributed by atoms with Crippen LogP contribution >= 0.6 is 0 Å². The smallest absolute Gasteiger partial charge is 0.313 e. The van der Waals surface area contributed by atoms with Gasteiger partial charge in [-0.1, -0.05) is 27.7 Å². The Morgan fingerprint density at radius 2 is 1.75 bits per heavy atom. The van der Waals surface area contributed by atoms with Gasteiger partial charge in [-0.2, -0.15) is 0 Å². The number of carbonyl (C=O) groups is 2. The van der Waals surface area contributed by atoms with E-state index in [0.717, 1.165) is 38.5 Å². The summed E-state index contributed by atoms with van der Waals surface area (Å²) in [5, 5.41) is 32.1. The molecule has 1 aliphatic heterocycles. The molecular formula is C30H48O6. The van der Waals surface area contributed by atoms with Gasteiger partial charge in [0.15, 0.2) is 0 Å². The van der Waals surface area contributed by atoms with Crippen LogP contribution in [0.15, 0.2) is 0 Å². The standard InChI is InChI=1S/C30H48O6/c1-17(7-11-23(33)27(4,5)35)24-20(31)16-30-21-10-9-19-18(8-12-22(32)26(19,2)3)15-29(21,36-25(30)34)14-13-28(24,30)6/h17-21,23-24,31,33,35H,7-16H2,1-6H3/t17-,18+,19-,20-,21-,23+,24+,28-,29+,30+/m1/s1. The molecular weight excluding hydrogens is 456 g/mol. The maximum atomic E-state index is 13.9. The van der Waals surface area contributed by atoms with Crippen molar-refractivity contribution in [3.63, 3.8) is 0 Å². The van der Waals surface area contributed by atoms with E-state index in [1.165, 1.54) is 0 Å². The maximum absolute atomic E-state index is 13.9. The maximum Gasteiger partial charge on any atom is 0.313 e. The van der Waals surface area contributed by atoms with Gasteiger partial charge in [0.2, 0.25) is 0 Å². The first-order valence-corrected chi connectivity index (χ1v) is 14.5. The van der Waals surface area contributed by atoms with E-state index in [1.807, 2.05) is 0 Å². The number of esters is 1. The molecule has 0 amide bonds. The zero-order valence-corrected chi connectivity index (χ0v) is 23.2. The van der Waals surface area contributed by atoms with E-state index in [0.29, 0.717) is 43.3 Å². The van der Waals surface area contributed by atoms with Gasteiger partial charge in [0.1, 0.15) is 11.4 Å². The van der Waals surface area contributed by atoms with Crippen LogP contribution in [0, 0.1) is 45.8 Å². The van der Waals surface area contributed by atoms with Crippen molar-refractivity contribution < 1.29 is 29.6 Å². The number of hydrogen-bond acceptors (Lipinski definition) is 6. The van der Waals surface area contributed by atoms with Crippen LogP contribution in [0.25, 0.3) is 0 Å². The second-order valence-electron chi connectivity index (χ2n) is 14.7. The Kier molecular flexibility index (Phi) is 6.11. The fourth-order valence-electron chi connectivity index (χ4n) is 10.3. The molecule has 0 aromatic rings. The molecule has 0 aromatic heterocycles. The molecule has 6 nitrogen and oxygen atoms in total. The van der Waals surface area contributed by atoms with Crippen LogP contribution < -0.4 is 0 Å². The van der Waals surface area contributed by atoms with E-state index in [1.54, 1.807) is 13.8 Å². The predicted octanol–water partition coefficient (Wildman–Crippen LogP) is 4.42. The first-order chi connectivity index (χ1) is 16.6. The van der Waals surface area contributed by atoms with Crippen LogP contribution in [0.5, 0.6) is 0 Å². The van der Waals surface area contributed by atoms with Crippen molar-refractivity contribution >= 4 is 11.8 Å². The molecule has 6 heteroatoms. The molecule has 1 spiro atoms. The lowest BCUT2D eigenvalue weighted by atomic mass is 9.47. The van der Waals surface area contributed by atoms with Gasteiger partial charge >= 0.3 is 5.97 Å². The minimum atomic E-state index is -1.16. The summed E-state index contributed by atoms with van der Waals surface area (Å²) in [5.41, 5.74) is -2.99. The third-order valence-corrected chi connectivity index (χ3v) is 12.3. The van der Waals surface area contributed by atoms with E-state index in [4.69, 9.17) is 4.74 Å². The Hall–Kier alpha value is -0.980. The average molecular weight is 505 g/mol. The third kappa shape index (κ3) is 3.45. The minimum absolute atomic E-state index is 0.0568. The summed E-state index contributed by atoms with van der Waals surface area (Å²) in [6.07, 6.45) is 6.08. The lowest BCUT2D eigenvalue weighted by molar-refractivity contribution is -0.157. The topological polar surface area (TPSA) is 104 Å². The number of ketones is 1. The van der Waals surface area contributed by atoms with Gasteiger partial charge in [-0.05, 0) is 101 Å². The zero-order valence-electron chi connectivity index (χ0n) is 23.2. The van der Waals surface area contributed by atoms with E-state index in [-0.39, 0.29) is 34.6 Å². The first kappa shape index (κ1) is 26.6. The van der Waals surface area contributed by atoms with Crippen molar-refractivity contribution in [2.75, 3.05) is 0 Å². The molecule has 3 N–H and O–H groups in total. The minimum Gasteiger partial charge on any atom is -0.458 e. The largest absolute Gasteiger partial charge is 0.458 e. The molecule has 1 saturated heterocycles. The average Bonchev–Trinajstić information content (AvgIpc) is 3.02. The fraction of sp³-hybridized carbons (Fsp3) is 0.933. The SMILES string of the molecule is C[C@H](CC[C@H](O)C(C)(C)O)[C@H]1[C@H](O)C[C@]23C(=O)O[C@@]4(CC[C@]12C)C[C@@H]1CCC(=O)C(C)(C)[C@@H]1CC[C@H]43. The van der Waals surface area contributed by atoms with Crippen LogP contribution in [0.4, 0.5) is 0 Å². The molecule has 5 rings (SSSR count). The Balaban J connectivity index is 1.45. The molecule has 204 valence electrons. The summed E-state index contributed by atoms with van der Waals surface area (Å²) in [4.78, 5) is 26.7. The van der Waals surface area contributed by atoms with Crippen LogP contribution in [-0.4, -0.2) is 50.5 Å². The lowest BCUT2D eigenvalue weighted by Gasteiger charge is -2.53. The van der Waals surface area contributed by atoms with E-state index < -0.39 is 28.8 Å². The number of hydrogen-bond donors (Lipinski definition) is 3. The number of Topliss-reactive ketones (excluding diaryl/α,β-unsaturated/α-hetero) is 1. The van der Waals surface area contributed by atoms with E-state index in [9.17, 15) is 24.9 Å². The zero-order chi connectivity index (χ0) is 26.5. The summed E-state index contributed by atoms with van der Waals surface area (Å²) in [5.74, 6) is 1.13. The molecule has 4 saturated carbocycles. The molecule has 1 heterocycles. The molecule has 10 atom stereocenters. The highest BCUT2D eigenvalue weighted by atomic mass is 16.6. The molecule has 36 heavy (non-hydrogen) atoms. The molecule has 0 unspecified atom stereocenters. The highest BCUT2D eigenvalue weighted by Crippen LogP contribution is 2.75. The molecule has 0 radical (unpaired) electrons. The number of aliphatic hydroxyl groups excluding tert-OH is 2. The highest BCUT2D eigenvalue weighted by molar-refractivity contribution is 5.85. The van der Waals surface area contributed by atoms with E-state index >= 15 is 0 Å². The van der Waals surface area contributed by atoms with Crippen molar-refractivity contribution in [3.05, 3.63) is 0 Å². The van der Waals surface area contributed by atoms with Gasteiger partial charge in [-0.25, -0.2) is 0 Å². The Morgan fingerprint density at radius 3 is 2.42 bits per heavy atom. The molecule has 0 aromatic carbocycles. The van der Waals surface area contributed by atoms with Gasteiger partial charge < -0.3 is 20.1 Å². The molecule has 5 fully saturated rings. The van der Waals surface area contributed by atoms with Gasteiger partial charge in [-0.3, -0.25) is 9.59 Å². The Labute approximate surface area is 216 Å². The highest BCUT2D eigenvalue weighted by Gasteiger charge is 2.79. The Bertz CT molecular complexity index is 921. The van der Waals surface area contributed by atoms with Gasteiger partial charge in [0.05, 0.1) is 23.2 Å². The Morgan fingerprint density at radius 1 is 1.06 bits per heavy atom. The summed E-state index contributed by atoms with van der Waals surface area (Å²) >= 11 is 0. The number of carbonyl (C=O) groups excluding carboxylic acids is 2.